The third kappa shape index (κ3) is 48.5. The van der Waals surface area contributed by atoms with E-state index in [1.54, 1.807) is 0 Å². The van der Waals surface area contributed by atoms with Crippen molar-refractivity contribution in [2.75, 3.05) is 26.4 Å². The first-order valence-electron chi connectivity index (χ1n) is 27.5. The molecule has 0 aliphatic heterocycles. The van der Waals surface area contributed by atoms with E-state index in [9.17, 15) is 28.9 Å². The molecule has 0 amide bonds. The van der Waals surface area contributed by atoms with Crippen LogP contribution in [-0.2, 0) is 42.2 Å². The van der Waals surface area contributed by atoms with Crippen LogP contribution in [0.1, 0.15) is 252 Å². The van der Waals surface area contributed by atoms with Crippen LogP contribution in [0.4, 0.5) is 0 Å². The van der Waals surface area contributed by atoms with Gasteiger partial charge in [0.2, 0.25) is 0 Å². The monoisotopic (exact) mass is 981 g/mol. The molecule has 0 aromatic rings. The highest BCUT2D eigenvalue weighted by atomic mass is 31.2. The first-order valence-corrected chi connectivity index (χ1v) is 29.0. The van der Waals surface area contributed by atoms with Crippen molar-refractivity contribution in [1.29, 1.82) is 0 Å². The van der Waals surface area contributed by atoms with E-state index in [0.717, 1.165) is 116 Å². The van der Waals surface area contributed by atoms with Gasteiger partial charge < -0.3 is 24.2 Å². The number of hydrogen-bond donors (Lipinski definition) is 2. The molecular weight excluding hydrogens is 880 g/mol. The number of carbonyl (C=O) groups excluding carboxylic acids is 3. The van der Waals surface area contributed by atoms with Gasteiger partial charge in [0.25, 0.3) is 0 Å². The number of aliphatic hydroxyl groups is 1. The SMILES string of the molecule is CCCC/C=C\CCCCCCCC(=O)OC(CO)COP(=O)(O)OCC(COC(=O)CCCCCCC/C=C\CCCCCC)OC(=O)CCCCCCCCC/C=C\C/C=C\CCCCC. The van der Waals surface area contributed by atoms with Crippen molar-refractivity contribution in [1.82, 2.24) is 0 Å². The number of esters is 3. The van der Waals surface area contributed by atoms with E-state index in [0.29, 0.717) is 19.3 Å². The standard InChI is InChI=1S/C56H101O11P/c1-4-7-10-13-16-19-22-24-25-26-27-29-32-35-38-41-44-47-56(60)67-53(49-63-54(58)45-42-39-36-33-31-28-23-20-17-14-11-8-5-2)51-65-68(61,62)64-50-52(48-57)66-55(59)46-43-40-37-34-30-21-18-15-12-9-6-3/h15-16,18-20,23-25,52-53,57H,4-14,17,21-22,26-51H2,1-3H3,(H,61,62)/b18-15-,19-16-,23-20-,25-24-. The molecule has 0 bridgehead atoms. The van der Waals surface area contributed by atoms with E-state index in [1.165, 1.54) is 77.0 Å². The molecule has 0 radical (unpaired) electrons. The quantitative estimate of drug-likeness (QED) is 0.0197. The molecule has 11 nitrogen and oxygen atoms in total. The Morgan fingerprint density at radius 2 is 0.735 bits per heavy atom. The summed E-state index contributed by atoms with van der Waals surface area (Å²) in [5.41, 5.74) is 0. The minimum atomic E-state index is -4.74. The normalized spacial score (nSPS) is 13.8. The van der Waals surface area contributed by atoms with Gasteiger partial charge in [-0.25, -0.2) is 4.57 Å². The molecule has 0 aromatic heterocycles. The van der Waals surface area contributed by atoms with E-state index in [2.05, 4.69) is 69.4 Å². The van der Waals surface area contributed by atoms with Gasteiger partial charge in [-0.3, -0.25) is 23.4 Å². The van der Waals surface area contributed by atoms with Crippen LogP contribution in [0.5, 0.6) is 0 Å². The molecule has 396 valence electrons. The van der Waals surface area contributed by atoms with Gasteiger partial charge in [0, 0.05) is 19.3 Å². The number of rotatable bonds is 51. The van der Waals surface area contributed by atoms with Gasteiger partial charge in [-0.2, -0.15) is 0 Å². The minimum Gasteiger partial charge on any atom is -0.462 e. The topological polar surface area (TPSA) is 155 Å². The molecule has 12 heteroatoms. The van der Waals surface area contributed by atoms with Crippen LogP contribution in [0.25, 0.3) is 0 Å². The second-order valence-electron chi connectivity index (χ2n) is 18.4. The highest BCUT2D eigenvalue weighted by Crippen LogP contribution is 2.43. The van der Waals surface area contributed by atoms with Crippen molar-refractivity contribution < 1.29 is 52.2 Å². The lowest BCUT2D eigenvalue weighted by molar-refractivity contribution is -0.161. The third-order valence-corrected chi connectivity index (χ3v) is 12.6. The molecule has 68 heavy (non-hydrogen) atoms. The zero-order valence-electron chi connectivity index (χ0n) is 43.6. The lowest BCUT2D eigenvalue weighted by Gasteiger charge is -2.21. The Hall–Kier alpha value is -2.56. The van der Waals surface area contributed by atoms with Crippen LogP contribution >= 0.6 is 7.82 Å². The van der Waals surface area contributed by atoms with Crippen LogP contribution in [0, 0.1) is 0 Å². The van der Waals surface area contributed by atoms with Crippen molar-refractivity contribution in [2.45, 2.75) is 264 Å². The summed E-state index contributed by atoms with van der Waals surface area (Å²) < 4.78 is 39.4. The van der Waals surface area contributed by atoms with Gasteiger partial charge >= 0.3 is 25.7 Å². The Balaban J connectivity index is 4.75. The van der Waals surface area contributed by atoms with Crippen molar-refractivity contribution >= 4 is 25.7 Å². The van der Waals surface area contributed by atoms with Gasteiger partial charge in [-0.1, -0.05) is 185 Å². The first-order chi connectivity index (χ1) is 33.2. The van der Waals surface area contributed by atoms with Gasteiger partial charge in [-0.15, -0.1) is 0 Å². The van der Waals surface area contributed by atoms with Gasteiger partial charge in [0.05, 0.1) is 19.8 Å². The number of phosphoric ester groups is 1. The summed E-state index contributed by atoms with van der Waals surface area (Å²) in [6.45, 7) is 4.54. The average Bonchev–Trinajstić information content (AvgIpc) is 3.32. The largest absolute Gasteiger partial charge is 0.472 e. The fraction of sp³-hybridized carbons (Fsp3) is 0.804. The molecule has 2 N–H and O–H groups in total. The predicted octanol–water partition coefficient (Wildman–Crippen LogP) is 15.8. The summed E-state index contributed by atoms with van der Waals surface area (Å²) in [5, 5.41) is 9.77. The zero-order valence-corrected chi connectivity index (χ0v) is 44.5. The molecule has 0 heterocycles. The molecular formula is C56H101O11P. The molecule has 0 spiro atoms. The molecule has 0 aliphatic carbocycles. The van der Waals surface area contributed by atoms with Crippen molar-refractivity contribution in [2.24, 2.45) is 0 Å². The zero-order chi connectivity index (χ0) is 49.9. The van der Waals surface area contributed by atoms with Crippen molar-refractivity contribution in [3.05, 3.63) is 48.6 Å². The number of aliphatic hydroxyl groups excluding tert-OH is 1. The van der Waals surface area contributed by atoms with E-state index < -0.39 is 57.8 Å². The third-order valence-electron chi connectivity index (χ3n) is 11.7. The predicted molar refractivity (Wildman–Crippen MR) is 279 cm³/mol. The summed E-state index contributed by atoms with van der Waals surface area (Å²) in [7, 11) is -4.74. The Kier molecular flexibility index (Phi) is 48.9. The Labute approximate surface area is 415 Å². The molecule has 3 unspecified atom stereocenters. The summed E-state index contributed by atoms with van der Waals surface area (Å²) in [5.74, 6) is -1.49. The van der Waals surface area contributed by atoms with E-state index in [4.69, 9.17) is 23.3 Å². The van der Waals surface area contributed by atoms with Gasteiger partial charge in [-0.05, 0) is 96.3 Å². The summed E-state index contributed by atoms with van der Waals surface area (Å²) in [6, 6.07) is 0. The van der Waals surface area contributed by atoms with E-state index >= 15 is 0 Å². The first kappa shape index (κ1) is 65.4. The lowest BCUT2D eigenvalue weighted by Crippen LogP contribution is -2.30. The number of unbranched alkanes of at least 4 members (excludes halogenated alkanes) is 26. The maximum absolute atomic E-state index is 12.9. The van der Waals surface area contributed by atoms with Crippen LogP contribution in [0.15, 0.2) is 48.6 Å². The Morgan fingerprint density at radius 1 is 0.412 bits per heavy atom. The number of allylic oxidation sites excluding steroid dienone is 8. The fourth-order valence-electron chi connectivity index (χ4n) is 7.42. The molecule has 0 rings (SSSR count). The summed E-state index contributed by atoms with van der Waals surface area (Å²) in [4.78, 5) is 48.4. The highest BCUT2D eigenvalue weighted by molar-refractivity contribution is 7.47. The Morgan fingerprint density at radius 3 is 1.18 bits per heavy atom. The fourth-order valence-corrected chi connectivity index (χ4v) is 8.20. The molecule has 0 saturated heterocycles. The van der Waals surface area contributed by atoms with Gasteiger partial charge in [0.15, 0.2) is 6.10 Å². The highest BCUT2D eigenvalue weighted by Gasteiger charge is 2.28. The van der Waals surface area contributed by atoms with Crippen molar-refractivity contribution in [3.8, 4) is 0 Å². The second kappa shape index (κ2) is 50.8. The van der Waals surface area contributed by atoms with Crippen LogP contribution in [0.3, 0.4) is 0 Å². The van der Waals surface area contributed by atoms with Crippen molar-refractivity contribution in [3.63, 3.8) is 0 Å². The summed E-state index contributed by atoms with van der Waals surface area (Å²) in [6.07, 6.45) is 52.1. The Bertz CT molecular complexity index is 1330. The van der Waals surface area contributed by atoms with Crippen LogP contribution < -0.4 is 0 Å². The van der Waals surface area contributed by atoms with E-state index in [1.807, 2.05) is 0 Å². The number of ether oxygens (including phenoxy) is 3. The summed E-state index contributed by atoms with van der Waals surface area (Å²) >= 11 is 0. The maximum atomic E-state index is 12.9. The number of phosphoric acid groups is 1. The molecule has 0 aromatic carbocycles. The van der Waals surface area contributed by atoms with E-state index in [-0.39, 0.29) is 25.9 Å². The number of carbonyl (C=O) groups is 3. The molecule has 3 atom stereocenters. The molecule has 0 saturated carbocycles. The van der Waals surface area contributed by atoms with Crippen LogP contribution in [0.2, 0.25) is 0 Å². The lowest BCUT2D eigenvalue weighted by atomic mass is 10.1. The second-order valence-corrected chi connectivity index (χ2v) is 19.8. The van der Waals surface area contributed by atoms with Gasteiger partial charge in [0.1, 0.15) is 12.7 Å². The smallest absolute Gasteiger partial charge is 0.462 e. The average molecular weight is 981 g/mol. The van der Waals surface area contributed by atoms with Crippen LogP contribution in [-0.4, -0.2) is 66.5 Å². The maximum Gasteiger partial charge on any atom is 0.472 e. The minimum absolute atomic E-state index is 0.157. The molecule has 0 aliphatic rings. The number of hydrogen-bond acceptors (Lipinski definition) is 10. The molecule has 0 fully saturated rings.